The molecule has 0 saturated heterocycles. The smallest absolute Gasteiger partial charge is 0.321 e. The van der Waals surface area contributed by atoms with Crippen molar-refractivity contribution in [1.29, 1.82) is 0 Å². The Hall–Kier alpha value is -1.89. The summed E-state index contributed by atoms with van der Waals surface area (Å²) in [4.78, 5) is 31.9. The predicted octanol–water partition coefficient (Wildman–Crippen LogP) is -1.33. The van der Waals surface area contributed by atoms with Gasteiger partial charge in [0.25, 0.3) is 0 Å². The van der Waals surface area contributed by atoms with Crippen molar-refractivity contribution >= 4 is 17.9 Å². The molecule has 0 aliphatic carbocycles. The molecule has 7 heteroatoms. The highest BCUT2D eigenvalue weighted by Gasteiger charge is 2.06. The molecule has 0 saturated carbocycles. The van der Waals surface area contributed by atoms with E-state index in [2.05, 4.69) is 17.2 Å². The van der Waals surface area contributed by atoms with E-state index in [0.717, 1.165) is 0 Å². The highest BCUT2D eigenvalue weighted by atomic mass is 16.4. The highest BCUT2D eigenvalue weighted by molar-refractivity contribution is 5.95. The number of imide groups is 1. The normalized spacial score (nSPS) is 9.07. The van der Waals surface area contributed by atoms with Crippen LogP contribution in [0.1, 0.15) is 0 Å². The summed E-state index contributed by atoms with van der Waals surface area (Å²) in [6, 6.07) is -0.642. The maximum absolute atomic E-state index is 10.9. The van der Waals surface area contributed by atoms with Crippen molar-refractivity contribution in [3.63, 3.8) is 0 Å². The molecule has 7 nitrogen and oxygen atoms in total. The summed E-state index contributed by atoms with van der Waals surface area (Å²) in [5, 5.41) is 14.9. The summed E-state index contributed by atoms with van der Waals surface area (Å²) < 4.78 is 0. The van der Waals surface area contributed by atoms with Gasteiger partial charge in [0, 0.05) is 6.54 Å². The van der Waals surface area contributed by atoms with E-state index >= 15 is 0 Å². The van der Waals surface area contributed by atoms with Crippen LogP contribution in [-0.4, -0.2) is 42.6 Å². The van der Waals surface area contributed by atoms with Crippen LogP contribution in [0.15, 0.2) is 12.7 Å². The van der Waals surface area contributed by atoms with Gasteiger partial charge >= 0.3 is 12.0 Å². The lowest BCUT2D eigenvalue weighted by Crippen LogP contribution is -2.44. The molecule has 0 spiro atoms. The average Bonchev–Trinajstić information content (AvgIpc) is 2.14. The monoisotopic (exact) mass is 215 g/mol. The van der Waals surface area contributed by atoms with E-state index < -0.39 is 17.9 Å². The molecule has 0 fully saturated rings. The Bertz CT molecular complexity index is 265. The third-order valence-corrected chi connectivity index (χ3v) is 1.22. The Kier molecular flexibility index (Phi) is 6.56. The second-order valence-electron chi connectivity index (χ2n) is 2.54. The first-order valence-electron chi connectivity index (χ1n) is 4.17. The van der Waals surface area contributed by atoms with Crippen molar-refractivity contribution in [3.05, 3.63) is 12.7 Å². The van der Waals surface area contributed by atoms with Crippen LogP contribution in [0.5, 0.6) is 0 Å². The van der Waals surface area contributed by atoms with Crippen molar-refractivity contribution < 1.29 is 19.5 Å². The molecule has 0 aromatic carbocycles. The van der Waals surface area contributed by atoms with Crippen molar-refractivity contribution in [2.45, 2.75) is 0 Å². The summed E-state index contributed by atoms with van der Waals surface area (Å²) in [6.45, 7) is 3.07. The van der Waals surface area contributed by atoms with Crippen LogP contribution in [0.25, 0.3) is 0 Å². The van der Waals surface area contributed by atoms with Gasteiger partial charge < -0.3 is 10.4 Å². The van der Waals surface area contributed by atoms with Gasteiger partial charge in [-0.1, -0.05) is 6.08 Å². The lowest BCUT2D eigenvalue weighted by molar-refractivity contribution is -0.135. The van der Waals surface area contributed by atoms with Crippen LogP contribution < -0.4 is 16.0 Å². The highest BCUT2D eigenvalue weighted by Crippen LogP contribution is 1.69. The molecule has 0 aromatic rings. The van der Waals surface area contributed by atoms with E-state index in [0.29, 0.717) is 0 Å². The van der Waals surface area contributed by atoms with Crippen molar-refractivity contribution in [3.8, 4) is 0 Å². The van der Waals surface area contributed by atoms with Crippen LogP contribution in [0, 0.1) is 0 Å². The number of carboxylic acids is 1. The summed E-state index contributed by atoms with van der Waals surface area (Å²) in [5.74, 6) is -1.67. The Morgan fingerprint density at radius 2 is 1.93 bits per heavy atom. The minimum atomic E-state index is -1.07. The number of carbonyl (C=O) groups excluding carboxylic acids is 2. The zero-order valence-corrected chi connectivity index (χ0v) is 8.08. The van der Waals surface area contributed by atoms with Gasteiger partial charge in [-0.2, -0.15) is 0 Å². The van der Waals surface area contributed by atoms with Gasteiger partial charge in [-0.15, -0.1) is 6.58 Å². The van der Waals surface area contributed by atoms with Gasteiger partial charge in [-0.25, -0.2) is 4.79 Å². The molecule has 3 amide bonds. The largest absolute Gasteiger partial charge is 0.480 e. The molecule has 84 valence electrons. The fourth-order valence-electron chi connectivity index (χ4n) is 0.663. The average molecular weight is 215 g/mol. The van der Waals surface area contributed by atoms with Gasteiger partial charge in [0.2, 0.25) is 5.91 Å². The number of urea groups is 1. The summed E-state index contributed by atoms with van der Waals surface area (Å²) in [7, 11) is 0. The number of carbonyl (C=O) groups is 3. The first-order chi connectivity index (χ1) is 7.06. The van der Waals surface area contributed by atoms with E-state index in [1.165, 1.54) is 6.08 Å². The zero-order valence-electron chi connectivity index (χ0n) is 8.08. The fraction of sp³-hybridized carbons (Fsp3) is 0.375. The third kappa shape index (κ3) is 8.44. The van der Waals surface area contributed by atoms with Gasteiger partial charge in [-0.05, 0) is 0 Å². The van der Waals surface area contributed by atoms with Gasteiger partial charge in [0.1, 0.15) is 0 Å². The summed E-state index contributed by atoms with van der Waals surface area (Å²) >= 11 is 0. The minimum absolute atomic E-state index is 0.228. The molecular weight excluding hydrogens is 202 g/mol. The predicted molar refractivity (Wildman–Crippen MR) is 52.2 cm³/mol. The zero-order chi connectivity index (χ0) is 11.7. The van der Waals surface area contributed by atoms with Crippen molar-refractivity contribution in [2.75, 3.05) is 19.6 Å². The quantitative estimate of drug-likeness (QED) is 0.411. The molecule has 0 heterocycles. The molecule has 0 bridgehead atoms. The number of nitrogens with one attached hydrogen (secondary N) is 3. The third-order valence-electron chi connectivity index (χ3n) is 1.22. The van der Waals surface area contributed by atoms with Crippen LogP contribution in [-0.2, 0) is 9.59 Å². The molecule has 15 heavy (non-hydrogen) atoms. The molecule has 0 radical (unpaired) electrons. The number of hydrogen-bond acceptors (Lipinski definition) is 4. The van der Waals surface area contributed by atoms with Crippen LogP contribution >= 0.6 is 0 Å². The van der Waals surface area contributed by atoms with E-state index in [1.807, 2.05) is 5.32 Å². The lowest BCUT2D eigenvalue weighted by atomic mass is 10.5. The number of amides is 3. The van der Waals surface area contributed by atoms with Crippen molar-refractivity contribution in [1.82, 2.24) is 16.0 Å². The molecular formula is C8H13N3O4. The van der Waals surface area contributed by atoms with E-state index in [9.17, 15) is 14.4 Å². The SMILES string of the molecule is C=CCNC(=O)NC(=O)CNCC(=O)O. The molecule has 4 N–H and O–H groups in total. The maximum atomic E-state index is 10.9. The minimum Gasteiger partial charge on any atom is -0.480 e. The van der Waals surface area contributed by atoms with E-state index in [-0.39, 0.29) is 19.6 Å². The van der Waals surface area contributed by atoms with E-state index in [4.69, 9.17) is 5.11 Å². The Morgan fingerprint density at radius 1 is 1.27 bits per heavy atom. The van der Waals surface area contributed by atoms with Gasteiger partial charge in [-0.3, -0.25) is 20.2 Å². The lowest BCUT2D eigenvalue weighted by Gasteiger charge is -2.04. The number of rotatable bonds is 6. The van der Waals surface area contributed by atoms with Gasteiger partial charge in [0.05, 0.1) is 13.1 Å². The first kappa shape index (κ1) is 13.1. The number of aliphatic carboxylic acids is 1. The van der Waals surface area contributed by atoms with Crippen molar-refractivity contribution in [2.24, 2.45) is 0 Å². The Morgan fingerprint density at radius 3 is 2.47 bits per heavy atom. The Labute approximate surface area is 86.5 Å². The van der Waals surface area contributed by atoms with Crippen LogP contribution in [0.3, 0.4) is 0 Å². The second kappa shape index (κ2) is 7.51. The maximum Gasteiger partial charge on any atom is 0.321 e. The Balaban J connectivity index is 3.59. The molecule has 0 rings (SSSR count). The molecule has 0 aromatic heterocycles. The molecule has 0 aliphatic heterocycles. The molecule has 0 aliphatic rings. The fourth-order valence-corrected chi connectivity index (χ4v) is 0.663. The second-order valence-corrected chi connectivity index (χ2v) is 2.54. The van der Waals surface area contributed by atoms with E-state index in [1.54, 1.807) is 0 Å². The number of hydrogen-bond donors (Lipinski definition) is 4. The molecule has 0 atom stereocenters. The summed E-state index contributed by atoms with van der Waals surface area (Å²) in [5.41, 5.74) is 0. The van der Waals surface area contributed by atoms with Crippen LogP contribution in [0.4, 0.5) is 4.79 Å². The van der Waals surface area contributed by atoms with Crippen LogP contribution in [0.2, 0.25) is 0 Å². The summed E-state index contributed by atoms with van der Waals surface area (Å²) in [6.07, 6.45) is 1.47. The molecule has 0 unspecified atom stereocenters. The van der Waals surface area contributed by atoms with Gasteiger partial charge in [0.15, 0.2) is 0 Å². The standard InChI is InChI=1S/C8H13N3O4/c1-2-3-10-8(15)11-6(12)4-9-5-7(13)14/h2,9H,1,3-5H2,(H,13,14)(H2,10,11,12,15). The topological polar surface area (TPSA) is 108 Å². The first-order valence-corrected chi connectivity index (χ1v) is 4.17. The number of carboxylic acid groups (broad SMARTS) is 1.